The number of nitrogens with zero attached hydrogens (tertiary/aromatic N) is 3. The van der Waals surface area contributed by atoms with E-state index in [1.54, 1.807) is 42.5 Å². The van der Waals surface area contributed by atoms with Crippen molar-refractivity contribution in [3.63, 3.8) is 0 Å². The Balaban J connectivity index is 1.50. The van der Waals surface area contributed by atoms with Gasteiger partial charge in [0.25, 0.3) is 11.2 Å². The van der Waals surface area contributed by atoms with Gasteiger partial charge in [-0.3, -0.25) is 9.36 Å². The number of hydrogen-bond acceptors (Lipinski definition) is 6. The van der Waals surface area contributed by atoms with Crippen molar-refractivity contribution in [1.29, 1.82) is 0 Å². The summed E-state index contributed by atoms with van der Waals surface area (Å²) >= 11 is 0. The van der Waals surface area contributed by atoms with Crippen molar-refractivity contribution in [1.82, 2.24) is 19.8 Å². The lowest BCUT2D eigenvalue weighted by Gasteiger charge is -2.32. The van der Waals surface area contributed by atoms with Gasteiger partial charge >= 0.3 is 12.4 Å². The maximum absolute atomic E-state index is 13.9. The largest absolute Gasteiger partial charge is 0.494 e. The monoisotopic (exact) mass is 620 g/mol. The Bertz CT molecular complexity index is 1620. The molecule has 1 aromatic heterocycles. The van der Waals surface area contributed by atoms with Gasteiger partial charge in [0, 0.05) is 44.7 Å². The molecule has 3 aromatic carbocycles. The van der Waals surface area contributed by atoms with E-state index in [0.29, 0.717) is 30.0 Å². The molecule has 7 nitrogen and oxygen atoms in total. The molecule has 1 aliphatic rings. The summed E-state index contributed by atoms with van der Waals surface area (Å²) in [4.78, 5) is 20.8. The van der Waals surface area contributed by atoms with Crippen LogP contribution in [0.25, 0.3) is 16.6 Å². The third-order valence-electron chi connectivity index (χ3n) is 7.57. The lowest BCUT2D eigenvalue weighted by atomic mass is 9.92. The zero-order valence-corrected chi connectivity index (χ0v) is 23.5. The molecule has 0 spiro atoms. The van der Waals surface area contributed by atoms with Crippen molar-refractivity contribution >= 4 is 10.9 Å². The second kappa shape index (κ2) is 12.6. The SMILES string of the molecule is O=c1c2cc(OCCCN3CCNCC3)ccc2nc(Cc2ccccc2)n1-c1ccc(C(O)(C(F)(F)F)C(F)(F)F)cc1. The van der Waals surface area contributed by atoms with E-state index in [1.165, 1.54) is 6.07 Å². The highest BCUT2D eigenvalue weighted by atomic mass is 19.4. The van der Waals surface area contributed by atoms with E-state index in [2.05, 4.69) is 15.2 Å². The molecule has 234 valence electrons. The molecule has 2 heterocycles. The molecule has 0 saturated carbocycles. The first-order valence-corrected chi connectivity index (χ1v) is 14.0. The Hall–Kier alpha value is -3.94. The van der Waals surface area contributed by atoms with Gasteiger partial charge in [0.1, 0.15) is 11.6 Å². The highest BCUT2D eigenvalue weighted by molar-refractivity contribution is 5.79. The smallest absolute Gasteiger partial charge is 0.430 e. The van der Waals surface area contributed by atoms with Gasteiger partial charge in [0.2, 0.25) is 0 Å². The van der Waals surface area contributed by atoms with Gasteiger partial charge in [-0.05, 0) is 42.3 Å². The first kappa shape index (κ1) is 31.5. The Labute approximate surface area is 248 Å². The van der Waals surface area contributed by atoms with Crippen molar-refractivity contribution in [2.45, 2.75) is 30.8 Å². The minimum atomic E-state index is -6.03. The fraction of sp³-hybridized carbons (Fsp3) is 0.355. The molecule has 4 aromatic rings. The molecule has 0 bridgehead atoms. The summed E-state index contributed by atoms with van der Waals surface area (Å²) in [6.07, 6.45) is -11.2. The summed E-state index contributed by atoms with van der Waals surface area (Å²) in [5.41, 5.74) is -5.99. The van der Waals surface area contributed by atoms with Crippen molar-refractivity contribution in [3.8, 4) is 11.4 Å². The van der Waals surface area contributed by atoms with Crippen molar-refractivity contribution in [3.05, 3.63) is 100 Å². The molecule has 44 heavy (non-hydrogen) atoms. The number of piperazine rings is 1. The van der Waals surface area contributed by atoms with E-state index in [0.717, 1.165) is 61.4 Å². The summed E-state index contributed by atoms with van der Waals surface area (Å²) in [6.45, 7) is 5.06. The number of fused-ring (bicyclic) bond motifs is 1. The number of nitrogens with one attached hydrogen (secondary N) is 1. The molecule has 1 aliphatic heterocycles. The first-order chi connectivity index (χ1) is 20.9. The molecular weight excluding hydrogens is 590 g/mol. The standard InChI is InChI=1S/C31H30F6N4O3/c32-30(33,34)29(43,31(35,36)37)22-7-9-23(10-8-22)41-27(19-21-5-2-1-3-6-21)39-26-12-11-24(20-25(26)28(41)42)44-18-4-15-40-16-13-38-14-17-40/h1-3,5-12,20,38,43H,4,13-19H2. The Morgan fingerprint density at radius 1 is 0.886 bits per heavy atom. The quantitative estimate of drug-likeness (QED) is 0.204. The summed E-state index contributed by atoms with van der Waals surface area (Å²) in [5.74, 6) is 0.642. The lowest BCUT2D eigenvalue weighted by Crippen LogP contribution is -2.53. The van der Waals surface area contributed by atoms with Crippen molar-refractivity contribution < 1.29 is 36.2 Å². The second-order valence-corrected chi connectivity index (χ2v) is 10.6. The van der Waals surface area contributed by atoms with Crippen LogP contribution in [0.15, 0.2) is 77.6 Å². The van der Waals surface area contributed by atoms with E-state index >= 15 is 0 Å². The van der Waals surface area contributed by atoms with Gasteiger partial charge in [0.15, 0.2) is 0 Å². The predicted molar refractivity (Wildman–Crippen MR) is 152 cm³/mol. The molecule has 0 unspecified atom stereocenters. The number of hydrogen-bond donors (Lipinski definition) is 2. The highest BCUT2D eigenvalue weighted by Gasteiger charge is 2.71. The van der Waals surface area contributed by atoms with Crippen LogP contribution >= 0.6 is 0 Å². The van der Waals surface area contributed by atoms with Gasteiger partial charge in [-0.2, -0.15) is 26.3 Å². The van der Waals surface area contributed by atoms with Crippen LogP contribution in [-0.2, 0) is 12.0 Å². The number of aromatic nitrogens is 2. The average molecular weight is 621 g/mol. The van der Waals surface area contributed by atoms with Crippen LogP contribution in [0.1, 0.15) is 23.4 Å². The van der Waals surface area contributed by atoms with Crippen LogP contribution in [0.4, 0.5) is 26.3 Å². The Morgan fingerprint density at radius 2 is 1.55 bits per heavy atom. The van der Waals surface area contributed by atoms with E-state index in [1.807, 2.05) is 0 Å². The zero-order chi connectivity index (χ0) is 31.5. The van der Waals surface area contributed by atoms with Crippen LogP contribution in [0, 0.1) is 0 Å². The number of ether oxygens (including phenoxy) is 1. The Morgan fingerprint density at radius 3 is 2.18 bits per heavy atom. The van der Waals surface area contributed by atoms with Crippen molar-refractivity contribution in [2.24, 2.45) is 0 Å². The predicted octanol–water partition coefficient (Wildman–Crippen LogP) is 4.96. The van der Waals surface area contributed by atoms with Crippen LogP contribution in [0.5, 0.6) is 5.75 Å². The van der Waals surface area contributed by atoms with Crippen LogP contribution < -0.4 is 15.6 Å². The van der Waals surface area contributed by atoms with Crippen LogP contribution in [0.3, 0.4) is 0 Å². The first-order valence-electron chi connectivity index (χ1n) is 14.0. The molecule has 1 saturated heterocycles. The van der Waals surface area contributed by atoms with Crippen LogP contribution in [-0.4, -0.2) is 71.2 Å². The highest BCUT2D eigenvalue weighted by Crippen LogP contribution is 2.50. The van der Waals surface area contributed by atoms with Gasteiger partial charge in [0.05, 0.1) is 23.2 Å². The van der Waals surface area contributed by atoms with E-state index < -0.39 is 29.1 Å². The minimum absolute atomic E-state index is 0.0203. The number of aliphatic hydroxyl groups is 1. The summed E-state index contributed by atoms with van der Waals surface area (Å²) in [5, 5.41) is 13.3. The topological polar surface area (TPSA) is 79.6 Å². The van der Waals surface area contributed by atoms with Gasteiger partial charge in [-0.15, -0.1) is 0 Å². The summed E-state index contributed by atoms with van der Waals surface area (Å²) in [6, 6.07) is 16.7. The molecule has 5 rings (SSSR count). The third kappa shape index (κ3) is 6.44. The lowest BCUT2D eigenvalue weighted by molar-refractivity contribution is -0.376. The number of rotatable bonds is 9. The molecule has 2 N–H and O–H groups in total. The number of alkyl halides is 6. The minimum Gasteiger partial charge on any atom is -0.494 e. The Kier molecular flexibility index (Phi) is 9.00. The molecule has 0 radical (unpaired) electrons. The van der Waals surface area contributed by atoms with Crippen molar-refractivity contribution in [2.75, 3.05) is 39.3 Å². The number of benzene rings is 3. The maximum atomic E-state index is 13.9. The molecule has 0 atom stereocenters. The second-order valence-electron chi connectivity index (χ2n) is 10.6. The van der Waals surface area contributed by atoms with Gasteiger partial charge < -0.3 is 20.1 Å². The van der Waals surface area contributed by atoms with Gasteiger partial charge in [-0.1, -0.05) is 42.5 Å². The molecule has 0 amide bonds. The average Bonchev–Trinajstić information content (AvgIpc) is 2.99. The van der Waals surface area contributed by atoms with Crippen LogP contribution in [0.2, 0.25) is 0 Å². The third-order valence-corrected chi connectivity index (χ3v) is 7.57. The fourth-order valence-electron chi connectivity index (χ4n) is 5.22. The zero-order valence-electron chi connectivity index (χ0n) is 23.5. The molecule has 13 heteroatoms. The van der Waals surface area contributed by atoms with E-state index in [9.17, 15) is 36.2 Å². The maximum Gasteiger partial charge on any atom is 0.430 e. The molecule has 1 fully saturated rings. The fourth-order valence-corrected chi connectivity index (χ4v) is 5.22. The summed E-state index contributed by atoms with van der Waals surface area (Å²) < 4.78 is 87.7. The normalized spacial score (nSPS) is 15.1. The van der Waals surface area contributed by atoms with Gasteiger partial charge in [-0.25, -0.2) is 4.98 Å². The van der Waals surface area contributed by atoms with E-state index in [4.69, 9.17) is 4.74 Å². The van der Waals surface area contributed by atoms with E-state index in [-0.39, 0.29) is 23.3 Å². The summed E-state index contributed by atoms with van der Waals surface area (Å²) in [7, 11) is 0. The molecule has 0 aliphatic carbocycles. The molecular formula is C31H30F6N4O3. The number of halogens is 6.